The summed E-state index contributed by atoms with van der Waals surface area (Å²) >= 11 is 0. The predicted octanol–water partition coefficient (Wildman–Crippen LogP) is -0.292. The molecule has 1 aromatic carbocycles. The highest BCUT2D eigenvalue weighted by atomic mass is 16.7. The quantitative estimate of drug-likeness (QED) is 0.625. The Labute approximate surface area is 74.7 Å². The molecule has 0 saturated heterocycles. The van der Waals surface area contributed by atoms with Gasteiger partial charge in [-0.25, -0.2) is 0 Å². The molecule has 1 heterocycles. The summed E-state index contributed by atoms with van der Waals surface area (Å²) in [4.78, 5) is 10.3. The summed E-state index contributed by atoms with van der Waals surface area (Å²) in [7, 11) is 0. The van der Waals surface area contributed by atoms with Crippen molar-refractivity contribution in [2.24, 2.45) is 0 Å². The smallest absolute Gasteiger partial charge is 0.231 e. The van der Waals surface area contributed by atoms with Crippen LogP contribution in [-0.2, 0) is 11.2 Å². The van der Waals surface area contributed by atoms with E-state index in [2.05, 4.69) is 0 Å². The molecule has 0 unspecified atom stereocenters. The first-order valence-corrected chi connectivity index (χ1v) is 3.84. The third kappa shape index (κ3) is 1.56. The van der Waals surface area contributed by atoms with E-state index in [-0.39, 0.29) is 13.2 Å². The largest absolute Gasteiger partial charge is 0.550 e. The molecule has 0 N–H and O–H groups in total. The SMILES string of the molecule is O=C([O-])Cc1ccc2c(c1)OCO2. The molecule has 0 atom stereocenters. The van der Waals surface area contributed by atoms with Gasteiger partial charge in [0, 0.05) is 12.4 Å². The van der Waals surface area contributed by atoms with E-state index in [4.69, 9.17) is 9.47 Å². The summed E-state index contributed by atoms with van der Waals surface area (Å²) in [5, 5.41) is 10.3. The van der Waals surface area contributed by atoms with Crippen LogP contribution in [0.15, 0.2) is 18.2 Å². The zero-order valence-corrected chi connectivity index (χ0v) is 6.78. The van der Waals surface area contributed by atoms with Crippen LogP contribution in [0.4, 0.5) is 0 Å². The number of carboxylic acids is 1. The molecule has 0 aromatic heterocycles. The number of hydrogen-bond donors (Lipinski definition) is 0. The number of ether oxygens (including phenoxy) is 2. The van der Waals surface area contributed by atoms with E-state index in [1.54, 1.807) is 18.2 Å². The van der Waals surface area contributed by atoms with Crippen molar-refractivity contribution in [2.75, 3.05) is 6.79 Å². The summed E-state index contributed by atoms with van der Waals surface area (Å²) in [6.45, 7) is 0.199. The second-order valence-corrected chi connectivity index (χ2v) is 2.74. The Morgan fingerprint density at radius 1 is 1.38 bits per heavy atom. The minimum atomic E-state index is -1.10. The fourth-order valence-corrected chi connectivity index (χ4v) is 1.22. The van der Waals surface area contributed by atoms with Gasteiger partial charge in [-0.2, -0.15) is 0 Å². The molecule has 0 saturated carbocycles. The first-order valence-electron chi connectivity index (χ1n) is 3.84. The first kappa shape index (κ1) is 7.91. The van der Waals surface area contributed by atoms with Gasteiger partial charge >= 0.3 is 0 Å². The van der Waals surface area contributed by atoms with Gasteiger partial charge in [0.25, 0.3) is 0 Å². The van der Waals surface area contributed by atoms with Crippen LogP contribution in [0.1, 0.15) is 5.56 Å². The van der Waals surface area contributed by atoms with Crippen molar-refractivity contribution in [2.45, 2.75) is 6.42 Å². The molecule has 0 bridgehead atoms. The van der Waals surface area contributed by atoms with Crippen LogP contribution in [0.3, 0.4) is 0 Å². The molecule has 2 rings (SSSR count). The summed E-state index contributed by atoms with van der Waals surface area (Å²) in [6.07, 6.45) is -0.101. The molecule has 1 aliphatic rings. The number of carboxylic acid groups (broad SMARTS) is 1. The van der Waals surface area contributed by atoms with Gasteiger partial charge in [0.1, 0.15) is 0 Å². The maximum absolute atomic E-state index is 10.3. The lowest BCUT2D eigenvalue weighted by Crippen LogP contribution is -2.24. The monoisotopic (exact) mass is 179 g/mol. The lowest BCUT2D eigenvalue weighted by Gasteiger charge is -2.03. The number of hydrogen-bond acceptors (Lipinski definition) is 4. The molecule has 0 amide bonds. The molecule has 68 valence electrons. The number of carbonyl (C=O) groups is 1. The average molecular weight is 179 g/mol. The van der Waals surface area contributed by atoms with Gasteiger partial charge in [0.2, 0.25) is 6.79 Å². The normalized spacial score (nSPS) is 12.9. The van der Waals surface area contributed by atoms with Crippen molar-refractivity contribution in [3.8, 4) is 11.5 Å². The van der Waals surface area contributed by atoms with E-state index in [0.717, 1.165) is 0 Å². The minimum Gasteiger partial charge on any atom is -0.550 e. The van der Waals surface area contributed by atoms with Gasteiger partial charge in [0.15, 0.2) is 11.5 Å². The molecular weight excluding hydrogens is 172 g/mol. The van der Waals surface area contributed by atoms with Crippen LogP contribution in [0.25, 0.3) is 0 Å². The Hall–Kier alpha value is -1.71. The Morgan fingerprint density at radius 3 is 2.92 bits per heavy atom. The molecule has 0 aliphatic carbocycles. The van der Waals surface area contributed by atoms with E-state index < -0.39 is 5.97 Å². The Balaban J connectivity index is 2.25. The first-order chi connectivity index (χ1) is 6.25. The topological polar surface area (TPSA) is 58.6 Å². The molecule has 4 heteroatoms. The van der Waals surface area contributed by atoms with E-state index in [9.17, 15) is 9.90 Å². The summed E-state index contributed by atoms with van der Waals surface area (Å²) in [6, 6.07) is 5.03. The highest BCUT2D eigenvalue weighted by Crippen LogP contribution is 2.32. The Bertz CT molecular complexity index is 345. The summed E-state index contributed by atoms with van der Waals surface area (Å²) < 4.78 is 10.2. The predicted molar refractivity (Wildman–Crippen MR) is 41.3 cm³/mol. The van der Waals surface area contributed by atoms with Gasteiger partial charge in [-0.1, -0.05) is 6.07 Å². The van der Waals surface area contributed by atoms with Crippen molar-refractivity contribution >= 4 is 5.97 Å². The van der Waals surface area contributed by atoms with E-state index in [0.29, 0.717) is 17.1 Å². The maximum Gasteiger partial charge on any atom is 0.231 e. The highest BCUT2D eigenvalue weighted by Gasteiger charge is 2.12. The molecular formula is C9H7O4-. The van der Waals surface area contributed by atoms with Crippen molar-refractivity contribution < 1.29 is 19.4 Å². The van der Waals surface area contributed by atoms with Crippen molar-refractivity contribution in [1.29, 1.82) is 0 Å². The van der Waals surface area contributed by atoms with Crippen LogP contribution in [0.2, 0.25) is 0 Å². The minimum absolute atomic E-state index is 0.101. The van der Waals surface area contributed by atoms with Crippen molar-refractivity contribution in [1.82, 2.24) is 0 Å². The molecule has 1 aliphatic heterocycles. The zero-order chi connectivity index (χ0) is 9.26. The van der Waals surface area contributed by atoms with Crippen LogP contribution < -0.4 is 14.6 Å². The van der Waals surface area contributed by atoms with Crippen LogP contribution in [0, 0.1) is 0 Å². The number of carbonyl (C=O) groups excluding carboxylic acids is 1. The van der Waals surface area contributed by atoms with Gasteiger partial charge in [-0.3, -0.25) is 0 Å². The average Bonchev–Trinajstić information content (AvgIpc) is 2.49. The second-order valence-electron chi connectivity index (χ2n) is 2.74. The molecule has 1 aromatic rings. The number of aliphatic carboxylic acids is 1. The van der Waals surface area contributed by atoms with Gasteiger partial charge in [-0.15, -0.1) is 0 Å². The zero-order valence-electron chi connectivity index (χ0n) is 6.78. The number of rotatable bonds is 2. The lowest BCUT2D eigenvalue weighted by atomic mass is 10.1. The number of fused-ring (bicyclic) bond motifs is 1. The summed E-state index contributed by atoms with van der Waals surface area (Å²) in [5.74, 6) is 0.153. The standard InChI is InChI=1S/C9H8O4/c10-9(11)4-6-1-2-7-8(3-6)13-5-12-7/h1-3H,4-5H2,(H,10,11)/p-1. The third-order valence-corrected chi connectivity index (χ3v) is 1.79. The molecule has 13 heavy (non-hydrogen) atoms. The fraction of sp³-hybridized carbons (Fsp3) is 0.222. The highest BCUT2D eigenvalue weighted by molar-refractivity contribution is 5.68. The van der Waals surface area contributed by atoms with E-state index >= 15 is 0 Å². The van der Waals surface area contributed by atoms with Gasteiger partial charge in [-0.05, 0) is 17.7 Å². The van der Waals surface area contributed by atoms with Crippen LogP contribution in [-0.4, -0.2) is 12.8 Å². The Morgan fingerprint density at radius 2 is 2.15 bits per heavy atom. The Kier molecular flexibility index (Phi) is 1.81. The molecule has 4 nitrogen and oxygen atoms in total. The van der Waals surface area contributed by atoms with Crippen LogP contribution in [0.5, 0.6) is 11.5 Å². The maximum atomic E-state index is 10.3. The van der Waals surface area contributed by atoms with Crippen molar-refractivity contribution in [3.63, 3.8) is 0 Å². The molecule has 0 radical (unpaired) electrons. The van der Waals surface area contributed by atoms with Gasteiger partial charge < -0.3 is 19.4 Å². The molecule has 0 spiro atoms. The molecule has 0 fully saturated rings. The van der Waals surface area contributed by atoms with Gasteiger partial charge in [0.05, 0.1) is 0 Å². The number of benzene rings is 1. The van der Waals surface area contributed by atoms with Crippen LogP contribution >= 0.6 is 0 Å². The summed E-state index contributed by atoms with van der Waals surface area (Å²) in [5.41, 5.74) is 0.657. The van der Waals surface area contributed by atoms with E-state index in [1.807, 2.05) is 0 Å². The third-order valence-electron chi connectivity index (χ3n) is 1.79. The second kappa shape index (κ2) is 2.97. The fourth-order valence-electron chi connectivity index (χ4n) is 1.22. The lowest BCUT2D eigenvalue weighted by molar-refractivity contribution is -0.304. The van der Waals surface area contributed by atoms with E-state index in [1.165, 1.54) is 0 Å². The van der Waals surface area contributed by atoms with Crippen molar-refractivity contribution in [3.05, 3.63) is 23.8 Å².